The summed E-state index contributed by atoms with van der Waals surface area (Å²) in [5.41, 5.74) is -6.55. The molecule has 0 saturated heterocycles. The fraction of sp³-hybridized carbons (Fsp3) is 0.0270. The van der Waals surface area contributed by atoms with Crippen LogP contribution >= 0.6 is 0 Å². The van der Waals surface area contributed by atoms with Gasteiger partial charge in [0.2, 0.25) is 0 Å². The maximum atomic E-state index is 15.5. The molecule has 0 aliphatic carbocycles. The molecule has 2 aromatic carbocycles. The Morgan fingerprint density at radius 1 is 0.679 bits per heavy atom. The summed E-state index contributed by atoms with van der Waals surface area (Å²) in [6.07, 6.45) is 0. The molecule has 6 aromatic rings. The minimum Gasteiger partial charge on any atom is -0.477 e. The molecule has 2 N–H and O–H groups in total. The first-order valence-electron chi connectivity index (χ1n) is 14.5. The van der Waals surface area contributed by atoms with Crippen LogP contribution in [0.3, 0.4) is 0 Å². The minimum absolute atomic E-state index is 0. The quantitative estimate of drug-likeness (QED) is 0.122. The van der Waals surface area contributed by atoms with Gasteiger partial charge in [0.25, 0.3) is 0 Å². The Balaban J connectivity index is 0.00000314. The number of carboxylic acids is 2. The summed E-state index contributed by atoms with van der Waals surface area (Å²) in [6.45, 7) is 7.24. The van der Waals surface area contributed by atoms with Crippen molar-refractivity contribution in [1.82, 2.24) is 19.9 Å². The Hall–Kier alpha value is -5.94. The van der Waals surface area contributed by atoms with E-state index in [1.54, 1.807) is 0 Å². The van der Waals surface area contributed by atoms with Gasteiger partial charge in [0.1, 0.15) is 16.8 Å². The third-order valence-corrected chi connectivity index (χ3v) is 7.73. The summed E-state index contributed by atoms with van der Waals surface area (Å²) < 4.78 is 59.5. The normalized spacial score (nSPS) is 10.6. The maximum Gasteiger partial charge on any atom is 0.354 e. The van der Waals surface area contributed by atoms with E-state index in [2.05, 4.69) is 36.9 Å². The molecule has 4 heterocycles. The SMILES string of the molecule is [C-]#[N+]c1c(F)c[c-]c(-c2cccc(C(c3cccc(C(=O)O)n3)(c3cccc(C(=O)O)n3)c3cccc(-c4[c-]cc(F)c(C#N)c4F)n3)n2)c1F.[Pt].[Pt]. The molecule has 6 rings (SSSR count). The third kappa shape index (κ3) is 7.12. The van der Waals surface area contributed by atoms with Crippen LogP contribution in [-0.4, -0.2) is 42.1 Å². The van der Waals surface area contributed by atoms with Crippen molar-refractivity contribution in [3.05, 3.63) is 171 Å². The van der Waals surface area contributed by atoms with Crippen LogP contribution in [0.5, 0.6) is 0 Å². The maximum absolute atomic E-state index is 15.5. The first kappa shape index (κ1) is 39.8. The Morgan fingerprint density at radius 2 is 1.09 bits per heavy atom. The van der Waals surface area contributed by atoms with Crippen molar-refractivity contribution in [1.29, 1.82) is 5.26 Å². The standard InChI is InChI=1S/C37H16F4N6O4.2Pt/c1-43-34-23(39)17-15-20(33(34)41)25-7-3-11-29(45-25)37(30-12-4-8-26(46-30)35(48)49,31-13-5-9-27(47-31)36(50)51)28-10-2-6-24(44-28)19-14-16-22(38)21(18-42)32(19)40;;/h2-13,16-17H,(H,48,49)(H,50,51);;/q-2;;. The van der Waals surface area contributed by atoms with Crippen LogP contribution in [-0.2, 0) is 47.5 Å². The predicted molar refractivity (Wildman–Crippen MR) is 169 cm³/mol. The van der Waals surface area contributed by atoms with Crippen LogP contribution in [0, 0.1) is 53.3 Å². The summed E-state index contributed by atoms with van der Waals surface area (Å²) in [4.78, 5) is 45.2. The monoisotopic (exact) mass is 1070 g/mol. The van der Waals surface area contributed by atoms with Crippen LogP contribution in [0.4, 0.5) is 23.2 Å². The molecule has 53 heavy (non-hydrogen) atoms. The first-order valence-corrected chi connectivity index (χ1v) is 14.5. The predicted octanol–water partition coefficient (Wildman–Crippen LogP) is 6.95. The molecule has 0 radical (unpaired) electrons. The molecule has 4 aromatic heterocycles. The van der Waals surface area contributed by atoms with Crippen molar-refractivity contribution in [2.45, 2.75) is 5.41 Å². The molecule has 16 heteroatoms. The first-order chi connectivity index (χ1) is 24.5. The van der Waals surface area contributed by atoms with Crippen LogP contribution in [0.25, 0.3) is 27.4 Å². The van der Waals surface area contributed by atoms with Gasteiger partial charge in [-0.15, -0.1) is 29.8 Å². The number of nitrogens with zero attached hydrogens (tertiary/aromatic N) is 6. The average Bonchev–Trinajstić information content (AvgIpc) is 3.13. The van der Waals surface area contributed by atoms with Crippen LogP contribution < -0.4 is 0 Å². The molecular weight excluding hydrogens is 1060 g/mol. The molecule has 0 atom stereocenters. The van der Waals surface area contributed by atoms with Crippen LogP contribution in [0.15, 0.2) is 84.9 Å². The van der Waals surface area contributed by atoms with Gasteiger partial charge in [-0.1, -0.05) is 42.0 Å². The van der Waals surface area contributed by atoms with Gasteiger partial charge in [0, 0.05) is 59.3 Å². The van der Waals surface area contributed by atoms with Crippen molar-refractivity contribution < 1.29 is 79.5 Å². The second kappa shape index (κ2) is 16.2. The van der Waals surface area contributed by atoms with E-state index in [4.69, 9.17) is 6.57 Å². The Bertz CT molecular complexity index is 2340. The van der Waals surface area contributed by atoms with Crippen molar-refractivity contribution in [3.63, 3.8) is 0 Å². The summed E-state index contributed by atoms with van der Waals surface area (Å²) in [5, 5.41) is 29.2. The van der Waals surface area contributed by atoms with E-state index in [1.807, 2.05) is 0 Å². The number of hydrogen-bond acceptors (Lipinski definition) is 7. The van der Waals surface area contributed by atoms with E-state index in [0.717, 1.165) is 12.1 Å². The fourth-order valence-electron chi connectivity index (χ4n) is 5.45. The number of carbonyl (C=O) groups is 2. The Morgan fingerprint density at radius 3 is 1.53 bits per heavy atom. The number of hydrogen-bond donors (Lipinski definition) is 2. The van der Waals surface area contributed by atoms with E-state index in [-0.39, 0.29) is 76.3 Å². The summed E-state index contributed by atoms with van der Waals surface area (Å²) in [7, 11) is 0. The average molecular weight is 1070 g/mol. The molecule has 0 bridgehead atoms. The van der Waals surface area contributed by atoms with Gasteiger partial charge in [-0.3, -0.25) is 32.4 Å². The molecule has 0 unspecified atom stereocenters. The van der Waals surface area contributed by atoms with Crippen molar-refractivity contribution in [2.75, 3.05) is 0 Å². The van der Waals surface area contributed by atoms with Crippen LogP contribution in [0.2, 0.25) is 0 Å². The Kier molecular flexibility index (Phi) is 12.1. The molecule has 10 nitrogen and oxygen atoms in total. The number of halogens is 4. The number of aromatic carboxylic acids is 2. The summed E-state index contributed by atoms with van der Waals surface area (Å²) in [5.74, 6) is -7.76. The number of rotatable bonds is 8. The van der Waals surface area contributed by atoms with Crippen molar-refractivity contribution in [3.8, 4) is 28.6 Å². The molecule has 268 valence electrons. The summed E-state index contributed by atoms with van der Waals surface area (Å²) in [6, 6.07) is 23.9. The third-order valence-electron chi connectivity index (χ3n) is 7.73. The van der Waals surface area contributed by atoms with E-state index in [1.165, 1.54) is 78.9 Å². The molecule has 0 amide bonds. The minimum atomic E-state index is -2.09. The van der Waals surface area contributed by atoms with E-state index in [9.17, 15) is 33.8 Å². The topological polar surface area (TPSA) is 154 Å². The van der Waals surface area contributed by atoms with Gasteiger partial charge >= 0.3 is 11.9 Å². The van der Waals surface area contributed by atoms with Gasteiger partial charge in [0.05, 0.1) is 47.1 Å². The van der Waals surface area contributed by atoms with Crippen molar-refractivity contribution in [2.24, 2.45) is 0 Å². The van der Waals surface area contributed by atoms with E-state index < -0.39 is 74.4 Å². The van der Waals surface area contributed by atoms with Gasteiger partial charge < -0.3 is 10.2 Å². The fourth-order valence-corrected chi connectivity index (χ4v) is 5.45. The number of nitriles is 1. The van der Waals surface area contributed by atoms with Crippen LogP contribution in [0.1, 0.15) is 49.3 Å². The van der Waals surface area contributed by atoms with Gasteiger partial charge in [-0.05, 0) is 47.8 Å². The second-order valence-electron chi connectivity index (χ2n) is 10.6. The largest absolute Gasteiger partial charge is 0.477 e. The number of carboxylic acid groups (broad SMARTS) is 2. The van der Waals surface area contributed by atoms with Gasteiger partial charge in [-0.2, -0.15) is 5.26 Å². The molecule has 0 aliphatic heterocycles. The van der Waals surface area contributed by atoms with Gasteiger partial charge in [-0.25, -0.2) is 19.6 Å². The van der Waals surface area contributed by atoms with Gasteiger partial charge in [0.15, 0.2) is 5.69 Å². The molecule has 0 fully saturated rings. The van der Waals surface area contributed by atoms with E-state index in [0.29, 0.717) is 0 Å². The van der Waals surface area contributed by atoms with E-state index >= 15 is 8.78 Å². The second-order valence-corrected chi connectivity index (χ2v) is 10.6. The zero-order valence-corrected chi connectivity index (χ0v) is 30.7. The zero-order valence-electron chi connectivity index (χ0n) is 26.1. The van der Waals surface area contributed by atoms with Crippen molar-refractivity contribution >= 4 is 17.6 Å². The smallest absolute Gasteiger partial charge is 0.354 e. The number of benzene rings is 2. The molecule has 0 aliphatic rings. The molecular formula is C37H16F4N6O4Pt2-2. The molecule has 0 saturated carbocycles. The number of pyridine rings is 4. The molecule has 0 spiro atoms. The zero-order chi connectivity index (χ0) is 36.4. The Labute approximate surface area is 326 Å². The summed E-state index contributed by atoms with van der Waals surface area (Å²) >= 11 is 0. The number of aromatic nitrogens is 4.